The van der Waals surface area contributed by atoms with E-state index in [1.54, 1.807) is 0 Å². The summed E-state index contributed by atoms with van der Waals surface area (Å²) in [6.07, 6.45) is 27.2. The first-order valence-corrected chi connectivity index (χ1v) is 20.1. The average molecular weight is 663 g/mol. The molecule has 268 valence electrons. The molecule has 1 atom stereocenters. The number of phosphoric acid groups is 1. The molecule has 0 bridgehead atoms. The first-order chi connectivity index (χ1) is 21.5. The summed E-state index contributed by atoms with van der Waals surface area (Å²) in [5.74, 6) is 0.689. The first-order valence-electron chi connectivity index (χ1n) is 18.5. The van der Waals surface area contributed by atoms with E-state index in [0.29, 0.717) is 6.42 Å². The fourth-order valence-corrected chi connectivity index (χ4v) is 5.81. The van der Waals surface area contributed by atoms with Gasteiger partial charge in [-0.05, 0) is 24.7 Å². The van der Waals surface area contributed by atoms with E-state index in [9.17, 15) is 14.2 Å². The highest BCUT2D eigenvalue weighted by atomic mass is 31.2. The molecule has 45 heavy (non-hydrogen) atoms. The largest absolute Gasteiger partial charge is 0.469 e. The topological polar surface area (TPSA) is 119 Å². The van der Waals surface area contributed by atoms with Crippen molar-refractivity contribution in [2.45, 2.75) is 194 Å². The standard InChI is InChI=1S/C36H71O8P/c1-32(2)26-22-18-14-12-10-8-6-5-7-9-11-13-15-20-24-28-35(37)42-30-34(31-43-45(39,40)41)44-36(38)29-25-21-17-16-19-23-27-33(3)4/h32-34H,5-31H2,1-4H3,(H2,39,40,41)/t34-/m1/s1. The fourth-order valence-electron chi connectivity index (χ4n) is 5.45. The summed E-state index contributed by atoms with van der Waals surface area (Å²) in [6, 6.07) is 0. The molecule has 0 aliphatic heterocycles. The number of esters is 2. The lowest BCUT2D eigenvalue weighted by Crippen LogP contribution is -2.29. The molecule has 0 aliphatic rings. The molecule has 0 aromatic rings. The Kier molecular flexibility index (Phi) is 29.7. The molecule has 0 unspecified atom stereocenters. The first kappa shape index (κ1) is 44.0. The quantitative estimate of drug-likeness (QED) is 0.0405. The Balaban J connectivity index is 3.86. The Morgan fingerprint density at radius 1 is 0.511 bits per heavy atom. The van der Waals surface area contributed by atoms with E-state index in [0.717, 1.165) is 50.4 Å². The van der Waals surface area contributed by atoms with Crippen LogP contribution in [0.4, 0.5) is 0 Å². The predicted octanol–water partition coefficient (Wildman–Crippen LogP) is 10.6. The van der Waals surface area contributed by atoms with Gasteiger partial charge in [0, 0.05) is 12.8 Å². The van der Waals surface area contributed by atoms with Gasteiger partial charge in [-0.15, -0.1) is 0 Å². The van der Waals surface area contributed by atoms with Crippen LogP contribution < -0.4 is 0 Å². The van der Waals surface area contributed by atoms with E-state index < -0.39 is 32.5 Å². The number of carbonyl (C=O) groups excluding carboxylic acids is 2. The smallest absolute Gasteiger partial charge is 0.462 e. The maximum atomic E-state index is 12.3. The van der Waals surface area contributed by atoms with Gasteiger partial charge in [-0.25, -0.2) is 4.57 Å². The van der Waals surface area contributed by atoms with Gasteiger partial charge in [0.2, 0.25) is 0 Å². The number of hydrogen-bond donors (Lipinski definition) is 2. The van der Waals surface area contributed by atoms with Crippen LogP contribution in [0, 0.1) is 11.8 Å². The lowest BCUT2D eigenvalue weighted by molar-refractivity contribution is -0.161. The molecule has 8 nitrogen and oxygen atoms in total. The third-order valence-electron chi connectivity index (χ3n) is 8.23. The minimum Gasteiger partial charge on any atom is -0.462 e. The summed E-state index contributed by atoms with van der Waals surface area (Å²) in [5.41, 5.74) is 0. The lowest BCUT2D eigenvalue weighted by Gasteiger charge is -2.18. The zero-order valence-electron chi connectivity index (χ0n) is 29.6. The molecule has 0 aromatic heterocycles. The van der Waals surface area contributed by atoms with Crippen molar-refractivity contribution in [1.29, 1.82) is 0 Å². The Bertz CT molecular complexity index is 737. The Morgan fingerprint density at radius 2 is 0.844 bits per heavy atom. The normalized spacial score (nSPS) is 12.6. The van der Waals surface area contributed by atoms with Gasteiger partial charge in [0.25, 0.3) is 0 Å². The van der Waals surface area contributed by atoms with Crippen LogP contribution in [-0.2, 0) is 28.2 Å². The van der Waals surface area contributed by atoms with Gasteiger partial charge >= 0.3 is 19.8 Å². The van der Waals surface area contributed by atoms with Gasteiger partial charge in [-0.3, -0.25) is 14.1 Å². The van der Waals surface area contributed by atoms with Crippen molar-refractivity contribution in [3.8, 4) is 0 Å². The van der Waals surface area contributed by atoms with Gasteiger partial charge in [0.1, 0.15) is 6.61 Å². The van der Waals surface area contributed by atoms with E-state index in [1.807, 2.05) is 0 Å². The third kappa shape index (κ3) is 35.7. The molecule has 9 heteroatoms. The van der Waals surface area contributed by atoms with Gasteiger partial charge in [-0.1, -0.05) is 163 Å². The molecule has 0 spiro atoms. The van der Waals surface area contributed by atoms with E-state index in [1.165, 1.54) is 103 Å². The van der Waals surface area contributed by atoms with Gasteiger partial charge < -0.3 is 19.3 Å². The number of carbonyl (C=O) groups is 2. The van der Waals surface area contributed by atoms with Crippen molar-refractivity contribution >= 4 is 19.8 Å². The summed E-state index contributed by atoms with van der Waals surface area (Å²) in [5, 5.41) is 0. The molecule has 0 aliphatic carbocycles. The highest BCUT2D eigenvalue weighted by molar-refractivity contribution is 7.46. The maximum absolute atomic E-state index is 12.3. The molecule has 0 saturated heterocycles. The van der Waals surface area contributed by atoms with Crippen LogP contribution in [0.25, 0.3) is 0 Å². The summed E-state index contributed by atoms with van der Waals surface area (Å²) in [6.45, 7) is 8.26. The monoisotopic (exact) mass is 662 g/mol. The lowest BCUT2D eigenvalue weighted by atomic mass is 10.0. The summed E-state index contributed by atoms with van der Waals surface area (Å²) >= 11 is 0. The van der Waals surface area contributed by atoms with E-state index in [2.05, 4.69) is 32.2 Å². The number of phosphoric ester groups is 1. The van der Waals surface area contributed by atoms with Crippen molar-refractivity contribution in [1.82, 2.24) is 0 Å². The Labute approximate surface area is 276 Å². The van der Waals surface area contributed by atoms with Crippen LogP contribution in [0.3, 0.4) is 0 Å². The molecule has 0 aromatic carbocycles. The molecular formula is C36H71O8P. The molecule has 0 radical (unpaired) electrons. The second kappa shape index (κ2) is 30.4. The van der Waals surface area contributed by atoms with Crippen molar-refractivity contribution in [2.75, 3.05) is 13.2 Å². The van der Waals surface area contributed by atoms with E-state index >= 15 is 0 Å². The number of unbranched alkanes of at least 4 members (excludes halogenated alkanes) is 19. The van der Waals surface area contributed by atoms with Crippen LogP contribution >= 0.6 is 7.82 Å². The van der Waals surface area contributed by atoms with Crippen molar-refractivity contribution < 1.29 is 37.9 Å². The second-order valence-corrected chi connectivity index (χ2v) is 15.1. The van der Waals surface area contributed by atoms with Gasteiger partial charge in [0.15, 0.2) is 6.10 Å². The highest BCUT2D eigenvalue weighted by Crippen LogP contribution is 2.36. The van der Waals surface area contributed by atoms with E-state index in [-0.39, 0.29) is 19.4 Å². The molecule has 2 N–H and O–H groups in total. The Morgan fingerprint density at radius 3 is 1.20 bits per heavy atom. The van der Waals surface area contributed by atoms with Crippen molar-refractivity contribution in [2.24, 2.45) is 11.8 Å². The molecule has 0 saturated carbocycles. The number of hydrogen-bond acceptors (Lipinski definition) is 6. The minimum absolute atomic E-state index is 0.213. The zero-order valence-corrected chi connectivity index (χ0v) is 30.5. The maximum Gasteiger partial charge on any atom is 0.469 e. The van der Waals surface area contributed by atoms with Crippen LogP contribution in [0.15, 0.2) is 0 Å². The molecule has 0 fully saturated rings. The SMILES string of the molecule is CC(C)CCCCCCCCCCCCCCCCCC(=O)OC[C@H](COP(=O)(O)O)OC(=O)CCCCCCCCC(C)C. The summed E-state index contributed by atoms with van der Waals surface area (Å²) in [4.78, 5) is 42.5. The second-order valence-electron chi connectivity index (χ2n) is 13.9. The van der Waals surface area contributed by atoms with Crippen LogP contribution in [0.1, 0.15) is 188 Å². The molecule has 0 amide bonds. The van der Waals surface area contributed by atoms with Crippen LogP contribution in [-0.4, -0.2) is 41.0 Å². The van der Waals surface area contributed by atoms with Crippen LogP contribution in [0.5, 0.6) is 0 Å². The fraction of sp³-hybridized carbons (Fsp3) is 0.944. The van der Waals surface area contributed by atoms with Gasteiger partial charge in [-0.2, -0.15) is 0 Å². The highest BCUT2D eigenvalue weighted by Gasteiger charge is 2.22. The average Bonchev–Trinajstić information content (AvgIpc) is 2.96. The number of rotatable bonds is 33. The zero-order chi connectivity index (χ0) is 33.6. The summed E-state index contributed by atoms with van der Waals surface area (Å²) < 4.78 is 26.2. The molecule has 0 heterocycles. The van der Waals surface area contributed by atoms with Gasteiger partial charge in [0.05, 0.1) is 6.61 Å². The van der Waals surface area contributed by atoms with Crippen LogP contribution in [0.2, 0.25) is 0 Å². The predicted molar refractivity (Wildman–Crippen MR) is 184 cm³/mol. The Hall–Kier alpha value is -0.950. The van der Waals surface area contributed by atoms with E-state index in [4.69, 9.17) is 19.3 Å². The van der Waals surface area contributed by atoms with Crippen molar-refractivity contribution in [3.63, 3.8) is 0 Å². The third-order valence-corrected chi connectivity index (χ3v) is 8.72. The molecular weight excluding hydrogens is 591 g/mol. The summed E-state index contributed by atoms with van der Waals surface area (Å²) in [7, 11) is -4.74. The molecule has 0 rings (SSSR count). The number of ether oxygens (including phenoxy) is 2. The van der Waals surface area contributed by atoms with Crippen molar-refractivity contribution in [3.05, 3.63) is 0 Å². The minimum atomic E-state index is -4.74.